The van der Waals surface area contributed by atoms with Crippen molar-refractivity contribution < 1.29 is 41.8 Å². The maximum Gasteiger partial charge on any atom is 0.490 e. The number of nitrogens with zero attached hydrogens (tertiary/aromatic N) is 4. The van der Waals surface area contributed by atoms with Crippen molar-refractivity contribution in [2.24, 2.45) is 5.92 Å². The number of fused-ring (bicyclic) bond motifs is 2. The minimum absolute atomic E-state index is 0.143. The summed E-state index contributed by atoms with van der Waals surface area (Å²) in [5.41, 5.74) is 3.01. The molecule has 3 heterocycles. The number of amides is 1. The van der Waals surface area contributed by atoms with Gasteiger partial charge in [-0.05, 0) is 49.8 Å². The smallest absolute Gasteiger partial charge is 0.490 e. The summed E-state index contributed by atoms with van der Waals surface area (Å²) in [6.45, 7) is 0.434. The molecular weight excluding hydrogens is 597 g/mol. The molecule has 0 aliphatic heterocycles. The van der Waals surface area contributed by atoms with E-state index in [0.29, 0.717) is 6.54 Å². The number of aromatic nitrogens is 4. The van der Waals surface area contributed by atoms with Gasteiger partial charge >= 0.3 is 12.1 Å². The topological polar surface area (TPSA) is 122 Å². The van der Waals surface area contributed by atoms with Gasteiger partial charge in [0.15, 0.2) is 17.4 Å². The molecule has 226 valence electrons. The Bertz CT molecular complexity index is 1770. The molecule has 0 unspecified atom stereocenters. The number of aromatic hydroxyl groups is 1. The van der Waals surface area contributed by atoms with Crippen molar-refractivity contribution in [1.82, 2.24) is 24.5 Å². The molecule has 0 spiro atoms. The van der Waals surface area contributed by atoms with E-state index in [1.807, 2.05) is 12.5 Å². The van der Waals surface area contributed by atoms with E-state index in [1.54, 1.807) is 11.3 Å². The minimum atomic E-state index is -5.08. The zero-order valence-electron chi connectivity index (χ0n) is 22.2. The van der Waals surface area contributed by atoms with Crippen molar-refractivity contribution in [3.05, 3.63) is 71.6 Å². The average molecular weight is 622 g/mol. The van der Waals surface area contributed by atoms with Gasteiger partial charge < -0.3 is 15.5 Å². The predicted octanol–water partition coefficient (Wildman–Crippen LogP) is 6.19. The molecule has 3 aromatic heterocycles. The third-order valence-corrected chi connectivity index (χ3v) is 8.12. The van der Waals surface area contributed by atoms with Crippen LogP contribution in [0.1, 0.15) is 42.1 Å². The SMILES string of the molecule is O=C(NCC1CCC(n2cc3ccc(-c4csc5cncn45)cc3n2)CC1)c1cc(F)c(O)c(F)c1.O=C(O)C(F)(F)F. The molecule has 0 saturated heterocycles. The van der Waals surface area contributed by atoms with Crippen LogP contribution in [0.4, 0.5) is 22.0 Å². The van der Waals surface area contributed by atoms with Gasteiger partial charge in [-0.15, -0.1) is 11.3 Å². The molecule has 0 atom stereocenters. The van der Waals surface area contributed by atoms with E-state index < -0.39 is 35.4 Å². The third-order valence-electron chi connectivity index (χ3n) is 7.24. The number of nitrogens with one attached hydrogen (secondary N) is 1. The Morgan fingerprint density at radius 1 is 1.07 bits per heavy atom. The fourth-order valence-electron chi connectivity index (χ4n) is 4.96. The lowest BCUT2D eigenvalue weighted by molar-refractivity contribution is -0.192. The fourth-order valence-corrected chi connectivity index (χ4v) is 5.82. The molecule has 1 aliphatic rings. The van der Waals surface area contributed by atoms with Crippen molar-refractivity contribution in [3.8, 4) is 17.0 Å². The van der Waals surface area contributed by atoms with Crippen molar-refractivity contribution in [3.63, 3.8) is 0 Å². The lowest BCUT2D eigenvalue weighted by Gasteiger charge is -2.28. The van der Waals surface area contributed by atoms with Gasteiger partial charge in [0.05, 0.1) is 23.4 Å². The molecule has 0 bridgehead atoms. The summed E-state index contributed by atoms with van der Waals surface area (Å²) in [7, 11) is 0. The Morgan fingerprint density at radius 2 is 1.74 bits per heavy atom. The third kappa shape index (κ3) is 6.61. The van der Waals surface area contributed by atoms with Gasteiger partial charge in [-0.1, -0.05) is 12.1 Å². The maximum atomic E-state index is 13.5. The van der Waals surface area contributed by atoms with Gasteiger partial charge in [-0.3, -0.25) is 13.9 Å². The number of carbonyl (C=O) groups excluding carboxylic acids is 1. The summed E-state index contributed by atoms with van der Waals surface area (Å²) in [6.07, 6.45) is 4.40. The minimum Gasteiger partial charge on any atom is -0.503 e. The van der Waals surface area contributed by atoms with Crippen molar-refractivity contribution in [2.75, 3.05) is 6.54 Å². The van der Waals surface area contributed by atoms with E-state index >= 15 is 0 Å². The lowest BCUT2D eigenvalue weighted by Crippen LogP contribution is -2.31. The molecule has 0 radical (unpaired) electrons. The van der Waals surface area contributed by atoms with E-state index in [1.165, 1.54) is 0 Å². The normalized spacial score (nSPS) is 17.0. The average Bonchev–Trinajstić information content (AvgIpc) is 3.70. The number of alkyl halides is 3. The van der Waals surface area contributed by atoms with Crippen molar-refractivity contribution in [1.29, 1.82) is 0 Å². The Hall–Kier alpha value is -4.53. The van der Waals surface area contributed by atoms with E-state index in [4.69, 9.17) is 15.0 Å². The van der Waals surface area contributed by atoms with Crippen LogP contribution in [0, 0.1) is 17.6 Å². The van der Waals surface area contributed by atoms with Crippen LogP contribution < -0.4 is 5.32 Å². The largest absolute Gasteiger partial charge is 0.503 e. The highest BCUT2D eigenvalue weighted by Crippen LogP contribution is 2.34. The van der Waals surface area contributed by atoms with Gasteiger partial charge in [-0.2, -0.15) is 18.3 Å². The number of imidazole rings is 1. The molecule has 1 aliphatic carbocycles. The first-order chi connectivity index (χ1) is 20.4. The van der Waals surface area contributed by atoms with E-state index in [0.717, 1.165) is 64.8 Å². The zero-order valence-corrected chi connectivity index (χ0v) is 23.0. The molecule has 9 nitrogen and oxygen atoms in total. The molecule has 15 heteroatoms. The van der Waals surface area contributed by atoms with Gasteiger partial charge in [0.25, 0.3) is 5.91 Å². The lowest BCUT2D eigenvalue weighted by atomic mass is 9.86. The molecule has 5 aromatic rings. The summed E-state index contributed by atoms with van der Waals surface area (Å²) >= 11 is 1.66. The van der Waals surface area contributed by atoms with E-state index in [9.17, 15) is 31.9 Å². The van der Waals surface area contributed by atoms with Gasteiger partial charge in [0.2, 0.25) is 0 Å². The monoisotopic (exact) mass is 621 g/mol. The molecule has 43 heavy (non-hydrogen) atoms. The second kappa shape index (κ2) is 12.0. The van der Waals surface area contributed by atoms with Gasteiger partial charge in [0, 0.05) is 34.6 Å². The van der Waals surface area contributed by atoms with E-state index in [2.05, 4.69) is 49.2 Å². The van der Waals surface area contributed by atoms with Crippen LogP contribution >= 0.6 is 11.3 Å². The molecular formula is C28H24F5N5O4S. The highest BCUT2D eigenvalue weighted by molar-refractivity contribution is 7.15. The van der Waals surface area contributed by atoms with Crippen molar-refractivity contribution >= 4 is 38.9 Å². The molecule has 3 N–H and O–H groups in total. The number of rotatable bonds is 5. The highest BCUT2D eigenvalue weighted by atomic mass is 32.1. The first-order valence-corrected chi connectivity index (χ1v) is 13.9. The van der Waals surface area contributed by atoms with Crippen LogP contribution in [0.3, 0.4) is 0 Å². The Morgan fingerprint density at radius 3 is 2.40 bits per heavy atom. The van der Waals surface area contributed by atoms with Crippen LogP contribution in [-0.2, 0) is 4.79 Å². The quantitative estimate of drug-likeness (QED) is 0.201. The maximum absolute atomic E-state index is 13.5. The summed E-state index contributed by atoms with van der Waals surface area (Å²) in [5, 5.41) is 27.2. The molecule has 1 saturated carbocycles. The van der Waals surface area contributed by atoms with Crippen LogP contribution in [0.2, 0.25) is 0 Å². The first kappa shape index (κ1) is 29.9. The standard InChI is InChI=1S/C26H23F2N5O2S.C2HF3O2/c27-20-7-18(8-21(28)25(20)34)26(35)30-10-15-1-5-19(6-2-15)33-12-17-4-3-16(9-22(17)31-33)23-13-36-24-11-29-14-32(23)24;3-2(4,5)1(6)7/h3-4,7-9,11-15,19,34H,1-2,5-6,10H2,(H,30,35);(H,6,7). The Kier molecular flexibility index (Phi) is 8.35. The number of phenols is 1. The summed E-state index contributed by atoms with van der Waals surface area (Å²) in [5.74, 6) is -6.40. The van der Waals surface area contributed by atoms with Crippen LogP contribution in [-0.4, -0.2) is 54.0 Å². The number of carboxylic acids is 1. The Labute approximate surface area is 244 Å². The Balaban J connectivity index is 0.000000472. The number of hydrogen-bond acceptors (Lipinski definition) is 6. The van der Waals surface area contributed by atoms with E-state index in [-0.39, 0.29) is 17.5 Å². The number of carboxylic acid groups (broad SMARTS) is 1. The van der Waals surface area contributed by atoms with Gasteiger partial charge in [-0.25, -0.2) is 18.6 Å². The van der Waals surface area contributed by atoms with Crippen LogP contribution in [0.25, 0.3) is 27.0 Å². The predicted molar refractivity (Wildman–Crippen MR) is 147 cm³/mol. The number of benzene rings is 2. The van der Waals surface area contributed by atoms with Crippen molar-refractivity contribution in [2.45, 2.75) is 37.9 Å². The number of carbonyl (C=O) groups is 2. The molecule has 1 fully saturated rings. The second-order valence-electron chi connectivity index (χ2n) is 10.1. The number of thiazole rings is 1. The van der Waals surface area contributed by atoms with Crippen LogP contribution in [0.15, 0.2) is 54.4 Å². The number of halogens is 5. The fraction of sp³-hybridized carbons (Fsp3) is 0.286. The second-order valence-corrected chi connectivity index (χ2v) is 11.0. The molecule has 1 amide bonds. The number of hydrogen-bond donors (Lipinski definition) is 3. The summed E-state index contributed by atoms with van der Waals surface area (Å²) in [4.78, 5) is 26.5. The summed E-state index contributed by atoms with van der Waals surface area (Å²) < 4.78 is 63.0. The summed E-state index contributed by atoms with van der Waals surface area (Å²) in [6, 6.07) is 8.30. The zero-order chi connectivity index (χ0) is 30.9. The number of aliphatic carboxylic acids is 1. The first-order valence-electron chi connectivity index (χ1n) is 13.1. The molecule has 6 rings (SSSR count). The van der Waals surface area contributed by atoms with Gasteiger partial charge in [0.1, 0.15) is 11.2 Å². The van der Waals surface area contributed by atoms with Crippen LogP contribution in [0.5, 0.6) is 5.75 Å². The molecule has 2 aromatic carbocycles. The highest BCUT2D eigenvalue weighted by Gasteiger charge is 2.38. The number of phenolic OH excluding ortho intramolecular Hbond substituents is 1.